The van der Waals surface area contributed by atoms with Crippen LogP contribution in [0.15, 0.2) is 30.3 Å². The van der Waals surface area contributed by atoms with E-state index < -0.39 is 22.3 Å². The molecule has 0 saturated carbocycles. The number of ether oxygens (including phenoxy) is 1. The van der Waals surface area contributed by atoms with E-state index in [1.807, 2.05) is 51.1 Å². The number of hydrogen-bond donors (Lipinski definition) is 2. The second kappa shape index (κ2) is 8.85. The summed E-state index contributed by atoms with van der Waals surface area (Å²) in [5.41, 5.74) is 0.465. The van der Waals surface area contributed by atoms with E-state index in [9.17, 15) is 9.59 Å². The van der Waals surface area contributed by atoms with Crippen molar-refractivity contribution in [1.82, 2.24) is 10.4 Å². The first-order valence-electron chi connectivity index (χ1n) is 9.23. The molecule has 1 unspecified atom stereocenters. The second-order valence-corrected chi connectivity index (χ2v) is 8.29. The molecule has 0 aliphatic carbocycles. The summed E-state index contributed by atoms with van der Waals surface area (Å²) in [5, 5.41) is 9.08. The monoisotopic (exact) mass is 378 g/mol. The van der Waals surface area contributed by atoms with E-state index >= 15 is 0 Å². The third kappa shape index (κ3) is 4.33. The number of nitrogens with zero attached hydrogens (tertiary/aromatic N) is 1. The number of amides is 2. The van der Waals surface area contributed by atoms with Gasteiger partial charge >= 0.3 is 0 Å². The number of likely N-dealkylation sites (tertiary alicyclic amines) is 1. The minimum atomic E-state index is -0.938. The van der Waals surface area contributed by atoms with Gasteiger partial charge < -0.3 is 9.64 Å². The summed E-state index contributed by atoms with van der Waals surface area (Å²) in [4.78, 5) is 27.3. The highest BCUT2D eigenvalue weighted by molar-refractivity contribution is 5.90. The normalized spacial score (nSPS) is 20.6. The lowest BCUT2D eigenvalue weighted by Gasteiger charge is -2.52. The fourth-order valence-electron chi connectivity index (χ4n) is 3.46. The Morgan fingerprint density at radius 3 is 2.19 bits per heavy atom. The van der Waals surface area contributed by atoms with Crippen LogP contribution in [-0.4, -0.2) is 48.2 Å². The molecule has 2 N–H and O–H groups in total. The Bertz CT molecular complexity index is 643. The Balaban J connectivity index is 0.00000114. The number of hydroxylamine groups is 1. The Hall–Kier alpha value is -1.92. The predicted molar refractivity (Wildman–Crippen MR) is 105 cm³/mol. The molecule has 1 fully saturated rings. The molecule has 1 saturated heterocycles. The molecular formula is C21H34N2O4. The van der Waals surface area contributed by atoms with Crippen LogP contribution in [0.1, 0.15) is 53.0 Å². The van der Waals surface area contributed by atoms with Gasteiger partial charge in [0, 0.05) is 20.8 Å². The van der Waals surface area contributed by atoms with E-state index in [4.69, 9.17) is 5.21 Å². The fraction of sp³-hybridized carbons (Fsp3) is 0.619. The lowest BCUT2D eigenvalue weighted by atomic mass is 9.68. The summed E-state index contributed by atoms with van der Waals surface area (Å²) in [6.45, 7) is 9.86. The molecule has 6 nitrogen and oxygen atoms in total. The summed E-state index contributed by atoms with van der Waals surface area (Å²) in [6.07, 6.45) is 1.66. The van der Waals surface area contributed by atoms with Gasteiger partial charge in [0.05, 0.1) is 16.4 Å². The molecule has 27 heavy (non-hydrogen) atoms. The molecule has 1 atom stereocenters. The highest BCUT2D eigenvalue weighted by atomic mass is 16.5. The third-order valence-corrected chi connectivity index (χ3v) is 6.06. The van der Waals surface area contributed by atoms with Crippen LogP contribution in [0.2, 0.25) is 0 Å². The molecule has 0 bridgehead atoms. The van der Waals surface area contributed by atoms with Crippen molar-refractivity contribution in [2.24, 2.45) is 5.41 Å². The number of carbonyl (C=O) groups is 2. The van der Waals surface area contributed by atoms with Gasteiger partial charge in [-0.2, -0.15) is 0 Å². The molecule has 1 aromatic carbocycles. The summed E-state index contributed by atoms with van der Waals surface area (Å²) in [5.74, 6) is -0.462. The number of carbonyl (C=O) groups excluding carboxylic acids is 2. The maximum atomic E-state index is 13.4. The first-order chi connectivity index (χ1) is 12.5. The standard InChI is InChI=1S/C19H28N2O3.C2H6O/c1-17(2,15(22)20-24)18(3,4)21-13-9-12-19(5,16(21)23)14-10-7-6-8-11-14;1-3-2/h6-8,10-11,24H,9,12-13H2,1-5H3,(H,20,22);1-2H3. The highest BCUT2D eigenvalue weighted by Gasteiger charge is 2.53. The summed E-state index contributed by atoms with van der Waals surface area (Å²) in [7, 11) is 3.25. The van der Waals surface area contributed by atoms with Crippen LogP contribution in [0, 0.1) is 5.41 Å². The Labute approximate surface area is 162 Å². The number of nitrogens with one attached hydrogen (secondary N) is 1. The van der Waals surface area contributed by atoms with Gasteiger partial charge in [0.15, 0.2) is 0 Å². The van der Waals surface area contributed by atoms with E-state index in [-0.39, 0.29) is 5.91 Å². The SMILES string of the molecule is CC1(c2ccccc2)CCCN(C(C)(C)C(C)(C)C(=O)NO)C1=O.COC. The van der Waals surface area contributed by atoms with Crippen molar-refractivity contribution in [1.29, 1.82) is 0 Å². The van der Waals surface area contributed by atoms with Gasteiger partial charge in [0.25, 0.3) is 5.91 Å². The average molecular weight is 379 g/mol. The molecule has 1 aliphatic heterocycles. The zero-order chi connectivity index (χ0) is 20.9. The second-order valence-electron chi connectivity index (χ2n) is 8.29. The number of hydrogen-bond acceptors (Lipinski definition) is 4. The van der Waals surface area contributed by atoms with Gasteiger partial charge in [-0.1, -0.05) is 30.3 Å². The molecule has 1 heterocycles. The molecule has 1 aromatic rings. The number of piperidine rings is 1. The van der Waals surface area contributed by atoms with Crippen molar-refractivity contribution < 1.29 is 19.5 Å². The van der Waals surface area contributed by atoms with Gasteiger partial charge in [0.2, 0.25) is 5.91 Å². The molecule has 152 valence electrons. The molecule has 0 radical (unpaired) electrons. The molecule has 1 aliphatic rings. The molecule has 0 spiro atoms. The maximum absolute atomic E-state index is 13.4. The average Bonchev–Trinajstić information content (AvgIpc) is 2.64. The van der Waals surface area contributed by atoms with Crippen molar-refractivity contribution >= 4 is 11.8 Å². The van der Waals surface area contributed by atoms with E-state index in [0.29, 0.717) is 6.54 Å². The fourth-order valence-corrected chi connectivity index (χ4v) is 3.46. The first-order valence-corrected chi connectivity index (χ1v) is 9.23. The third-order valence-electron chi connectivity index (χ3n) is 6.06. The lowest BCUT2D eigenvalue weighted by molar-refractivity contribution is -0.159. The lowest BCUT2D eigenvalue weighted by Crippen LogP contribution is -2.65. The van der Waals surface area contributed by atoms with Crippen LogP contribution in [-0.2, 0) is 19.7 Å². The van der Waals surface area contributed by atoms with Crippen LogP contribution < -0.4 is 5.48 Å². The summed E-state index contributed by atoms with van der Waals surface area (Å²) < 4.78 is 4.25. The molecule has 0 aromatic heterocycles. The van der Waals surface area contributed by atoms with Crippen LogP contribution in [0.25, 0.3) is 0 Å². The first kappa shape index (κ1) is 23.1. The smallest absolute Gasteiger partial charge is 0.251 e. The van der Waals surface area contributed by atoms with Crippen LogP contribution in [0.4, 0.5) is 0 Å². The van der Waals surface area contributed by atoms with E-state index in [0.717, 1.165) is 18.4 Å². The molecule has 6 heteroatoms. The van der Waals surface area contributed by atoms with E-state index in [1.165, 1.54) is 0 Å². The zero-order valence-corrected chi connectivity index (χ0v) is 17.6. The van der Waals surface area contributed by atoms with Crippen molar-refractivity contribution in [3.63, 3.8) is 0 Å². The minimum Gasteiger partial charge on any atom is -0.388 e. The van der Waals surface area contributed by atoms with Gasteiger partial charge in [0.1, 0.15) is 0 Å². The number of rotatable bonds is 4. The number of methoxy groups -OCH3 is 1. The number of benzene rings is 1. The summed E-state index contributed by atoms with van der Waals surface area (Å²) in [6, 6.07) is 9.80. The Kier molecular flexibility index (Phi) is 7.57. The highest BCUT2D eigenvalue weighted by Crippen LogP contribution is 2.43. The van der Waals surface area contributed by atoms with Crippen LogP contribution in [0.5, 0.6) is 0 Å². The topological polar surface area (TPSA) is 78.9 Å². The van der Waals surface area contributed by atoms with Crippen molar-refractivity contribution in [2.45, 2.75) is 58.4 Å². The van der Waals surface area contributed by atoms with E-state index in [2.05, 4.69) is 4.74 Å². The quantitative estimate of drug-likeness (QED) is 0.623. The molecular weight excluding hydrogens is 344 g/mol. The van der Waals surface area contributed by atoms with Crippen molar-refractivity contribution in [3.05, 3.63) is 35.9 Å². The molecule has 2 amide bonds. The molecule has 2 rings (SSSR count). The zero-order valence-electron chi connectivity index (χ0n) is 17.6. The Morgan fingerprint density at radius 1 is 1.19 bits per heavy atom. The minimum absolute atomic E-state index is 0.0313. The van der Waals surface area contributed by atoms with Crippen LogP contribution in [0.3, 0.4) is 0 Å². The van der Waals surface area contributed by atoms with Crippen LogP contribution >= 0.6 is 0 Å². The van der Waals surface area contributed by atoms with Gasteiger partial charge in [-0.05, 0) is 53.0 Å². The summed E-state index contributed by atoms with van der Waals surface area (Å²) >= 11 is 0. The van der Waals surface area contributed by atoms with Crippen molar-refractivity contribution in [2.75, 3.05) is 20.8 Å². The van der Waals surface area contributed by atoms with Gasteiger partial charge in [-0.15, -0.1) is 0 Å². The Morgan fingerprint density at radius 2 is 1.70 bits per heavy atom. The van der Waals surface area contributed by atoms with Gasteiger partial charge in [-0.25, -0.2) is 5.48 Å². The largest absolute Gasteiger partial charge is 0.388 e. The predicted octanol–water partition coefficient (Wildman–Crippen LogP) is 3.14. The van der Waals surface area contributed by atoms with E-state index in [1.54, 1.807) is 38.4 Å². The van der Waals surface area contributed by atoms with Crippen molar-refractivity contribution in [3.8, 4) is 0 Å². The maximum Gasteiger partial charge on any atom is 0.251 e. The van der Waals surface area contributed by atoms with Gasteiger partial charge in [-0.3, -0.25) is 14.8 Å².